The van der Waals surface area contributed by atoms with Gasteiger partial charge >= 0.3 is 0 Å². The lowest BCUT2D eigenvalue weighted by atomic mass is 9.96. The Kier molecular flexibility index (Phi) is 3.82. The summed E-state index contributed by atoms with van der Waals surface area (Å²) in [6.45, 7) is 4.52. The Labute approximate surface area is 103 Å². The van der Waals surface area contributed by atoms with Crippen molar-refractivity contribution in [3.63, 3.8) is 0 Å². The number of rotatable bonds is 4. The van der Waals surface area contributed by atoms with E-state index in [4.69, 9.17) is 5.73 Å². The van der Waals surface area contributed by atoms with Crippen LogP contribution in [0.2, 0.25) is 0 Å². The number of nitrogens with two attached hydrogens (primary N) is 1. The maximum atomic E-state index is 10.4. The first kappa shape index (κ1) is 12.6. The van der Waals surface area contributed by atoms with Crippen LogP contribution in [0.3, 0.4) is 0 Å². The van der Waals surface area contributed by atoms with Crippen molar-refractivity contribution >= 4 is 0 Å². The molecule has 1 fully saturated rings. The van der Waals surface area contributed by atoms with E-state index in [1.165, 1.54) is 5.56 Å². The lowest BCUT2D eigenvalue weighted by Crippen LogP contribution is -2.42. The van der Waals surface area contributed by atoms with E-state index >= 15 is 0 Å². The van der Waals surface area contributed by atoms with Crippen molar-refractivity contribution in [2.75, 3.05) is 19.6 Å². The molecule has 3 N–H and O–H groups in total. The van der Waals surface area contributed by atoms with Crippen LogP contribution in [-0.4, -0.2) is 41.3 Å². The van der Waals surface area contributed by atoms with Gasteiger partial charge in [0, 0.05) is 25.6 Å². The fraction of sp³-hybridized carbons (Fsp3) is 0.571. The lowest BCUT2D eigenvalue weighted by Gasteiger charge is -2.29. The third kappa shape index (κ3) is 3.80. The van der Waals surface area contributed by atoms with Crippen molar-refractivity contribution in [3.05, 3.63) is 35.9 Å². The summed E-state index contributed by atoms with van der Waals surface area (Å²) in [7, 11) is 0. The molecule has 2 unspecified atom stereocenters. The minimum Gasteiger partial charge on any atom is -0.388 e. The molecule has 0 aliphatic carbocycles. The zero-order chi connectivity index (χ0) is 12.3. The number of hydrogen-bond acceptors (Lipinski definition) is 3. The number of aliphatic hydroxyl groups is 1. The zero-order valence-electron chi connectivity index (χ0n) is 10.5. The standard InChI is InChI=1S/C14H22N2O/c1-14(17,9-12-5-3-2-4-6-12)11-16-8-7-13(15)10-16/h2-6,13,17H,7-11,15H2,1H3. The molecule has 0 radical (unpaired) electrons. The molecule has 0 bridgehead atoms. The number of nitrogens with zero attached hydrogens (tertiary/aromatic N) is 1. The van der Waals surface area contributed by atoms with Gasteiger partial charge in [0.15, 0.2) is 0 Å². The number of β-amino-alcohol motifs (C(OH)–C–C–N with tert-alkyl or cyclic N) is 1. The van der Waals surface area contributed by atoms with Crippen LogP contribution >= 0.6 is 0 Å². The minimum atomic E-state index is -0.675. The SMILES string of the molecule is CC(O)(Cc1ccccc1)CN1CCC(N)C1. The van der Waals surface area contributed by atoms with Gasteiger partial charge in [-0.25, -0.2) is 0 Å². The van der Waals surface area contributed by atoms with Crippen LogP contribution < -0.4 is 5.73 Å². The van der Waals surface area contributed by atoms with Gasteiger partial charge in [0.25, 0.3) is 0 Å². The predicted octanol–water partition coefficient (Wildman–Crippen LogP) is 1.01. The fourth-order valence-corrected chi connectivity index (χ4v) is 2.58. The molecule has 1 aromatic rings. The zero-order valence-corrected chi connectivity index (χ0v) is 10.5. The summed E-state index contributed by atoms with van der Waals surface area (Å²) in [6, 6.07) is 10.4. The summed E-state index contributed by atoms with van der Waals surface area (Å²) in [5.74, 6) is 0. The maximum absolute atomic E-state index is 10.4. The third-order valence-electron chi connectivity index (χ3n) is 3.30. The predicted molar refractivity (Wildman–Crippen MR) is 69.8 cm³/mol. The van der Waals surface area contributed by atoms with E-state index in [0.717, 1.165) is 19.5 Å². The van der Waals surface area contributed by atoms with Crippen molar-refractivity contribution in [1.82, 2.24) is 4.90 Å². The van der Waals surface area contributed by atoms with Gasteiger partial charge < -0.3 is 10.8 Å². The Morgan fingerprint density at radius 1 is 1.41 bits per heavy atom. The van der Waals surface area contributed by atoms with Crippen molar-refractivity contribution in [2.24, 2.45) is 5.73 Å². The second-order valence-electron chi connectivity index (χ2n) is 5.44. The van der Waals surface area contributed by atoms with Crippen LogP contribution in [0.5, 0.6) is 0 Å². The van der Waals surface area contributed by atoms with Crippen LogP contribution in [-0.2, 0) is 6.42 Å². The van der Waals surface area contributed by atoms with E-state index in [-0.39, 0.29) is 6.04 Å². The van der Waals surface area contributed by atoms with Gasteiger partial charge in [0.1, 0.15) is 0 Å². The molecular formula is C14H22N2O. The summed E-state index contributed by atoms with van der Waals surface area (Å²) in [4.78, 5) is 2.26. The average Bonchev–Trinajstić information content (AvgIpc) is 2.63. The highest BCUT2D eigenvalue weighted by Gasteiger charge is 2.28. The Bertz CT molecular complexity index is 350. The molecule has 1 heterocycles. The van der Waals surface area contributed by atoms with Crippen molar-refractivity contribution in [1.29, 1.82) is 0 Å². The molecule has 1 aliphatic heterocycles. The van der Waals surface area contributed by atoms with Gasteiger partial charge in [-0.1, -0.05) is 30.3 Å². The van der Waals surface area contributed by atoms with Gasteiger partial charge in [-0.15, -0.1) is 0 Å². The molecule has 0 amide bonds. The Hall–Kier alpha value is -0.900. The van der Waals surface area contributed by atoms with Crippen molar-refractivity contribution in [3.8, 4) is 0 Å². The first-order valence-corrected chi connectivity index (χ1v) is 6.29. The molecule has 0 saturated carbocycles. The Balaban J connectivity index is 1.90. The average molecular weight is 234 g/mol. The summed E-state index contributed by atoms with van der Waals surface area (Å²) in [5, 5.41) is 10.4. The van der Waals surface area contributed by atoms with Crippen LogP contribution in [0.25, 0.3) is 0 Å². The monoisotopic (exact) mass is 234 g/mol. The highest BCUT2D eigenvalue weighted by atomic mass is 16.3. The first-order chi connectivity index (χ1) is 8.05. The first-order valence-electron chi connectivity index (χ1n) is 6.29. The van der Waals surface area contributed by atoms with E-state index in [0.29, 0.717) is 13.0 Å². The smallest absolute Gasteiger partial charge is 0.0786 e. The molecule has 17 heavy (non-hydrogen) atoms. The largest absolute Gasteiger partial charge is 0.388 e. The van der Waals surface area contributed by atoms with Crippen LogP contribution in [0, 0.1) is 0 Å². The van der Waals surface area contributed by atoms with E-state index in [2.05, 4.69) is 17.0 Å². The molecule has 2 rings (SSSR count). The summed E-state index contributed by atoms with van der Waals surface area (Å²) < 4.78 is 0. The summed E-state index contributed by atoms with van der Waals surface area (Å²) >= 11 is 0. The minimum absolute atomic E-state index is 0.280. The number of hydrogen-bond donors (Lipinski definition) is 2. The van der Waals surface area contributed by atoms with E-state index < -0.39 is 5.60 Å². The normalized spacial score (nSPS) is 24.8. The fourth-order valence-electron chi connectivity index (χ4n) is 2.58. The van der Waals surface area contributed by atoms with Crippen LogP contribution in [0.4, 0.5) is 0 Å². The van der Waals surface area contributed by atoms with E-state index in [1.54, 1.807) is 0 Å². The second kappa shape index (κ2) is 5.17. The lowest BCUT2D eigenvalue weighted by molar-refractivity contribution is 0.0265. The molecule has 2 atom stereocenters. The molecule has 94 valence electrons. The molecule has 1 aliphatic rings. The maximum Gasteiger partial charge on any atom is 0.0786 e. The number of benzene rings is 1. The summed E-state index contributed by atoms with van der Waals surface area (Å²) in [5.41, 5.74) is 6.38. The second-order valence-corrected chi connectivity index (χ2v) is 5.44. The highest BCUT2D eigenvalue weighted by Crippen LogP contribution is 2.17. The Morgan fingerprint density at radius 3 is 2.71 bits per heavy atom. The van der Waals surface area contributed by atoms with E-state index in [9.17, 15) is 5.11 Å². The van der Waals surface area contributed by atoms with Gasteiger partial charge in [-0.3, -0.25) is 4.90 Å². The van der Waals surface area contributed by atoms with E-state index in [1.807, 2.05) is 25.1 Å². The van der Waals surface area contributed by atoms with Crippen molar-refractivity contribution in [2.45, 2.75) is 31.4 Å². The summed E-state index contributed by atoms with van der Waals surface area (Å²) in [6.07, 6.45) is 1.74. The quantitative estimate of drug-likeness (QED) is 0.817. The highest BCUT2D eigenvalue weighted by molar-refractivity contribution is 5.17. The molecule has 1 aromatic carbocycles. The van der Waals surface area contributed by atoms with Crippen LogP contribution in [0.15, 0.2) is 30.3 Å². The molecular weight excluding hydrogens is 212 g/mol. The van der Waals surface area contributed by atoms with Crippen molar-refractivity contribution < 1.29 is 5.11 Å². The molecule has 1 saturated heterocycles. The molecule has 0 spiro atoms. The van der Waals surface area contributed by atoms with Gasteiger partial charge in [-0.2, -0.15) is 0 Å². The molecule has 3 heteroatoms. The van der Waals surface area contributed by atoms with Gasteiger partial charge in [0.2, 0.25) is 0 Å². The topological polar surface area (TPSA) is 49.5 Å². The molecule has 0 aromatic heterocycles. The third-order valence-corrected chi connectivity index (χ3v) is 3.30. The Morgan fingerprint density at radius 2 is 2.12 bits per heavy atom. The van der Waals surface area contributed by atoms with Gasteiger partial charge in [0.05, 0.1) is 5.60 Å². The van der Waals surface area contributed by atoms with Gasteiger partial charge in [-0.05, 0) is 25.5 Å². The number of likely N-dealkylation sites (tertiary alicyclic amines) is 1. The van der Waals surface area contributed by atoms with Crippen LogP contribution in [0.1, 0.15) is 18.9 Å². The molecule has 3 nitrogen and oxygen atoms in total.